The Morgan fingerprint density at radius 1 is 1.22 bits per heavy atom. The average Bonchev–Trinajstić information content (AvgIpc) is 3.00. The summed E-state index contributed by atoms with van der Waals surface area (Å²) in [5.74, 6) is -0.374. The van der Waals surface area contributed by atoms with Gasteiger partial charge in [0.05, 0.1) is 16.7 Å². The molecule has 1 aromatic heterocycles. The number of fused-ring (bicyclic) bond motifs is 1. The van der Waals surface area contributed by atoms with Gasteiger partial charge in [-0.25, -0.2) is 4.98 Å². The Morgan fingerprint density at radius 2 is 1.96 bits per heavy atom. The quantitative estimate of drug-likeness (QED) is 0.389. The molecule has 0 bridgehead atoms. The molecule has 0 radical (unpaired) electrons. The summed E-state index contributed by atoms with van der Waals surface area (Å²) >= 11 is 0. The Bertz CT molecular complexity index is 929. The standard InChI is InChI=1S/C16H13N7/c17-9-14(16(18)19)22-21-11-5-7-12(8-6-11)23-10-20-13-3-1-2-4-15(13)23/h1-8,10,21H,(H3,18,19)/b22-14+. The Balaban J connectivity index is 1.85. The first kappa shape index (κ1) is 14.3. The predicted molar refractivity (Wildman–Crippen MR) is 89.7 cm³/mol. The minimum Gasteiger partial charge on any atom is -0.382 e. The molecule has 0 saturated carbocycles. The number of nitrogens with one attached hydrogen (secondary N) is 2. The predicted octanol–water partition coefficient (Wildman–Crippen LogP) is 2.25. The second-order valence-corrected chi connectivity index (χ2v) is 4.75. The fourth-order valence-corrected chi connectivity index (χ4v) is 2.13. The van der Waals surface area contributed by atoms with Crippen molar-refractivity contribution in [1.29, 1.82) is 10.7 Å². The zero-order chi connectivity index (χ0) is 16.2. The summed E-state index contributed by atoms with van der Waals surface area (Å²) in [4.78, 5) is 4.36. The minimum atomic E-state index is -0.374. The van der Waals surface area contributed by atoms with Crippen LogP contribution in [-0.4, -0.2) is 21.1 Å². The number of amidine groups is 1. The fraction of sp³-hybridized carbons (Fsp3) is 0. The maximum Gasteiger partial charge on any atom is 0.201 e. The Morgan fingerprint density at radius 3 is 2.65 bits per heavy atom. The number of anilines is 1. The molecule has 3 aromatic rings. The van der Waals surface area contributed by atoms with E-state index in [1.807, 2.05) is 53.1 Å². The van der Waals surface area contributed by atoms with Crippen LogP contribution in [0.1, 0.15) is 0 Å². The van der Waals surface area contributed by atoms with Crippen LogP contribution >= 0.6 is 0 Å². The van der Waals surface area contributed by atoms with Crippen LogP contribution in [0.25, 0.3) is 16.7 Å². The first-order valence-corrected chi connectivity index (χ1v) is 6.80. The summed E-state index contributed by atoms with van der Waals surface area (Å²) < 4.78 is 1.98. The van der Waals surface area contributed by atoms with Gasteiger partial charge in [0, 0.05) is 5.69 Å². The topological polar surface area (TPSA) is 116 Å². The molecular weight excluding hydrogens is 290 g/mol. The molecule has 7 heteroatoms. The summed E-state index contributed by atoms with van der Waals surface area (Å²) in [6.45, 7) is 0. The van der Waals surface area contributed by atoms with Gasteiger partial charge in [-0.05, 0) is 36.4 Å². The molecular formula is C16H13N7. The van der Waals surface area contributed by atoms with Crippen LogP contribution in [0.5, 0.6) is 0 Å². The van der Waals surface area contributed by atoms with Gasteiger partial charge < -0.3 is 5.73 Å². The molecule has 7 nitrogen and oxygen atoms in total. The maximum atomic E-state index is 8.79. The van der Waals surface area contributed by atoms with E-state index >= 15 is 0 Å². The molecule has 23 heavy (non-hydrogen) atoms. The molecule has 0 spiro atoms. The second-order valence-electron chi connectivity index (χ2n) is 4.75. The number of nitriles is 1. The van der Waals surface area contributed by atoms with Crippen LogP contribution in [0.3, 0.4) is 0 Å². The lowest BCUT2D eigenvalue weighted by molar-refractivity contribution is 1.09. The highest BCUT2D eigenvalue weighted by Gasteiger charge is 2.04. The van der Waals surface area contributed by atoms with Crippen molar-refractivity contribution in [2.75, 3.05) is 5.43 Å². The van der Waals surface area contributed by atoms with Gasteiger partial charge in [-0.1, -0.05) is 12.1 Å². The van der Waals surface area contributed by atoms with E-state index in [0.717, 1.165) is 16.7 Å². The van der Waals surface area contributed by atoms with E-state index in [1.165, 1.54) is 0 Å². The fourth-order valence-electron chi connectivity index (χ4n) is 2.13. The van der Waals surface area contributed by atoms with Crippen molar-refractivity contribution in [2.45, 2.75) is 0 Å². The molecule has 3 rings (SSSR count). The van der Waals surface area contributed by atoms with Crippen molar-refractivity contribution in [2.24, 2.45) is 10.8 Å². The lowest BCUT2D eigenvalue weighted by Crippen LogP contribution is -2.21. The molecule has 0 aliphatic rings. The van der Waals surface area contributed by atoms with Gasteiger partial charge in [-0.2, -0.15) is 10.4 Å². The molecule has 1 heterocycles. The third kappa shape index (κ3) is 2.87. The molecule has 0 aliphatic heterocycles. The Labute approximate surface area is 132 Å². The summed E-state index contributed by atoms with van der Waals surface area (Å²) in [6.07, 6.45) is 1.77. The molecule has 112 valence electrons. The number of para-hydroxylation sites is 2. The van der Waals surface area contributed by atoms with Crippen molar-refractivity contribution in [3.8, 4) is 11.8 Å². The largest absolute Gasteiger partial charge is 0.382 e. The highest BCUT2D eigenvalue weighted by atomic mass is 15.3. The van der Waals surface area contributed by atoms with Gasteiger partial charge in [-0.3, -0.25) is 15.4 Å². The third-order valence-corrected chi connectivity index (χ3v) is 3.26. The van der Waals surface area contributed by atoms with Gasteiger partial charge in [-0.15, -0.1) is 0 Å². The molecule has 0 aliphatic carbocycles. The number of imidazole rings is 1. The van der Waals surface area contributed by atoms with Crippen molar-refractivity contribution in [3.63, 3.8) is 0 Å². The number of aromatic nitrogens is 2. The first-order valence-electron chi connectivity index (χ1n) is 6.80. The van der Waals surface area contributed by atoms with E-state index in [4.69, 9.17) is 16.4 Å². The first-order chi connectivity index (χ1) is 11.2. The molecule has 0 fully saturated rings. The van der Waals surface area contributed by atoms with Crippen LogP contribution < -0.4 is 11.2 Å². The van der Waals surface area contributed by atoms with Crippen LogP contribution in [0.2, 0.25) is 0 Å². The number of hydrogen-bond acceptors (Lipinski definition) is 5. The highest BCUT2D eigenvalue weighted by molar-refractivity contribution is 6.45. The number of nitrogens with two attached hydrogens (primary N) is 1. The minimum absolute atomic E-state index is 0.158. The van der Waals surface area contributed by atoms with E-state index in [-0.39, 0.29) is 11.5 Å². The van der Waals surface area contributed by atoms with Gasteiger partial charge in [0.15, 0.2) is 5.84 Å². The number of rotatable bonds is 4. The molecule has 0 saturated heterocycles. The normalized spacial score (nSPS) is 11.2. The van der Waals surface area contributed by atoms with Gasteiger partial charge in [0.1, 0.15) is 12.4 Å². The molecule has 0 atom stereocenters. The van der Waals surface area contributed by atoms with Crippen molar-refractivity contribution < 1.29 is 0 Å². The summed E-state index contributed by atoms with van der Waals surface area (Å²) in [5.41, 5.74) is 11.4. The van der Waals surface area contributed by atoms with E-state index in [2.05, 4.69) is 15.5 Å². The lowest BCUT2D eigenvalue weighted by atomic mass is 10.2. The molecule has 4 N–H and O–H groups in total. The Kier molecular flexibility index (Phi) is 3.72. The summed E-state index contributed by atoms with van der Waals surface area (Å²) in [7, 11) is 0. The Hall–Kier alpha value is -3.66. The SMILES string of the molecule is N#C/C(=N\Nc1ccc(-n2cnc3ccccc32)cc1)C(=N)N. The van der Waals surface area contributed by atoms with E-state index in [0.29, 0.717) is 5.69 Å². The van der Waals surface area contributed by atoms with Gasteiger partial charge in [0.2, 0.25) is 5.71 Å². The monoisotopic (exact) mass is 303 g/mol. The van der Waals surface area contributed by atoms with Crippen LogP contribution in [0.15, 0.2) is 60.0 Å². The van der Waals surface area contributed by atoms with Crippen LogP contribution in [0, 0.1) is 16.7 Å². The summed E-state index contributed by atoms with van der Waals surface area (Å²) in [5, 5.41) is 19.8. The number of hydrazone groups is 1. The van der Waals surface area contributed by atoms with Gasteiger partial charge in [0.25, 0.3) is 0 Å². The number of hydrogen-bond donors (Lipinski definition) is 3. The van der Waals surface area contributed by atoms with E-state index < -0.39 is 0 Å². The average molecular weight is 303 g/mol. The second kappa shape index (κ2) is 5.99. The zero-order valence-corrected chi connectivity index (χ0v) is 12.1. The van der Waals surface area contributed by atoms with Crippen LogP contribution in [0.4, 0.5) is 5.69 Å². The molecule has 2 aromatic carbocycles. The van der Waals surface area contributed by atoms with Gasteiger partial charge >= 0.3 is 0 Å². The molecule has 0 amide bonds. The smallest absolute Gasteiger partial charge is 0.201 e. The van der Waals surface area contributed by atoms with Crippen molar-refractivity contribution in [1.82, 2.24) is 9.55 Å². The summed E-state index contributed by atoms with van der Waals surface area (Å²) in [6, 6.07) is 17.1. The maximum absolute atomic E-state index is 8.79. The number of benzene rings is 2. The van der Waals surface area contributed by atoms with Crippen molar-refractivity contribution >= 4 is 28.3 Å². The lowest BCUT2D eigenvalue weighted by Gasteiger charge is -2.06. The molecule has 0 unspecified atom stereocenters. The number of nitrogens with zero attached hydrogens (tertiary/aromatic N) is 4. The third-order valence-electron chi connectivity index (χ3n) is 3.26. The van der Waals surface area contributed by atoms with Crippen LogP contribution in [-0.2, 0) is 0 Å². The van der Waals surface area contributed by atoms with E-state index in [1.54, 1.807) is 12.4 Å². The van der Waals surface area contributed by atoms with Crippen molar-refractivity contribution in [3.05, 3.63) is 54.9 Å². The highest BCUT2D eigenvalue weighted by Crippen LogP contribution is 2.19. The van der Waals surface area contributed by atoms with E-state index in [9.17, 15) is 0 Å². The zero-order valence-electron chi connectivity index (χ0n) is 12.1.